The van der Waals surface area contributed by atoms with Gasteiger partial charge in [-0.3, -0.25) is 0 Å². The monoisotopic (exact) mass is 452 g/mol. The summed E-state index contributed by atoms with van der Waals surface area (Å²) in [7, 11) is 0. The number of allylic oxidation sites excluding steroid dienone is 2. The van der Waals surface area contributed by atoms with Crippen LogP contribution >= 0.6 is 0 Å². The van der Waals surface area contributed by atoms with E-state index in [-0.39, 0.29) is 5.41 Å². The lowest BCUT2D eigenvalue weighted by molar-refractivity contribution is 0.526. The number of hydrogen-bond acceptors (Lipinski definition) is 0. The lowest BCUT2D eigenvalue weighted by Crippen LogP contribution is -2.18. The molecule has 0 amide bonds. The maximum absolute atomic E-state index is 2.49. The van der Waals surface area contributed by atoms with E-state index in [1.807, 2.05) is 0 Å². The highest BCUT2D eigenvalue weighted by atomic mass is 14.4. The van der Waals surface area contributed by atoms with E-state index >= 15 is 0 Å². The Labute approximate surface area is 209 Å². The van der Waals surface area contributed by atoms with E-state index in [4.69, 9.17) is 0 Å². The highest BCUT2D eigenvalue weighted by Gasteiger charge is 2.34. The van der Waals surface area contributed by atoms with E-state index in [1.165, 1.54) is 66.8 Å². The zero-order chi connectivity index (χ0) is 24.2. The first-order valence-corrected chi connectivity index (χ1v) is 12.7. The quantitative estimate of drug-likeness (QED) is 0.289. The van der Waals surface area contributed by atoms with Gasteiger partial charge in [0.1, 0.15) is 0 Å². The molecule has 35 heavy (non-hydrogen) atoms. The van der Waals surface area contributed by atoms with Crippen molar-refractivity contribution in [3.8, 4) is 22.3 Å². The fraction of sp³-hybridized carbons (Fsp3) is 0.200. The van der Waals surface area contributed by atoms with E-state index in [9.17, 15) is 0 Å². The molecule has 172 valence electrons. The van der Waals surface area contributed by atoms with Crippen LogP contribution in [0.15, 0.2) is 96.1 Å². The molecule has 0 spiro atoms. The first-order valence-electron chi connectivity index (χ1n) is 12.7. The van der Waals surface area contributed by atoms with E-state index < -0.39 is 0 Å². The molecule has 2 aliphatic rings. The summed E-state index contributed by atoms with van der Waals surface area (Å²) in [5, 5.41) is 0. The molecule has 6 rings (SSSR count). The van der Waals surface area contributed by atoms with Crippen LogP contribution in [-0.4, -0.2) is 0 Å². The average Bonchev–Trinajstić information content (AvgIpc) is 3.50. The van der Waals surface area contributed by atoms with Gasteiger partial charge in [0, 0.05) is 5.41 Å². The maximum atomic E-state index is 2.49. The zero-order valence-corrected chi connectivity index (χ0v) is 21.2. The van der Waals surface area contributed by atoms with Gasteiger partial charge in [-0.25, -0.2) is 0 Å². The van der Waals surface area contributed by atoms with Crippen LogP contribution in [0.3, 0.4) is 0 Å². The van der Waals surface area contributed by atoms with Crippen LogP contribution in [-0.2, 0) is 12.8 Å². The van der Waals surface area contributed by atoms with E-state index in [0.29, 0.717) is 0 Å². The molecule has 0 atom stereocenters. The first-order chi connectivity index (χ1) is 16.9. The third-order valence-corrected chi connectivity index (χ3v) is 8.27. The fourth-order valence-corrected chi connectivity index (χ4v) is 5.97. The maximum Gasteiger partial charge on any atom is 0.00773 e. The summed E-state index contributed by atoms with van der Waals surface area (Å²) in [5.41, 5.74) is 16.8. The first kappa shape index (κ1) is 21.9. The molecule has 0 aromatic heterocycles. The van der Waals surface area contributed by atoms with Crippen LogP contribution in [0.4, 0.5) is 0 Å². The molecule has 0 heteroatoms. The van der Waals surface area contributed by atoms with E-state index in [1.54, 1.807) is 0 Å². The molecule has 4 aromatic rings. The van der Waals surface area contributed by atoms with Crippen LogP contribution in [0.1, 0.15) is 47.2 Å². The van der Waals surface area contributed by atoms with Gasteiger partial charge < -0.3 is 0 Å². The molecule has 0 saturated carbocycles. The van der Waals surface area contributed by atoms with Gasteiger partial charge in [0.2, 0.25) is 0 Å². The fourth-order valence-electron chi connectivity index (χ4n) is 5.97. The second-order valence-electron chi connectivity index (χ2n) is 10.7. The van der Waals surface area contributed by atoms with Crippen LogP contribution in [0, 0.1) is 19.3 Å². The van der Waals surface area contributed by atoms with Crippen molar-refractivity contribution in [2.24, 2.45) is 5.41 Å². The molecule has 0 N–H and O–H groups in total. The molecule has 0 radical (unpaired) electrons. The normalized spacial score (nSPS) is 14.4. The van der Waals surface area contributed by atoms with Crippen LogP contribution in [0.25, 0.3) is 34.4 Å². The molecule has 0 bridgehead atoms. The van der Waals surface area contributed by atoms with Gasteiger partial charge >= 0.3 is 0 Å². The Morgan fingerprint density at radius 2 is 0.886 bits per heavy atom. The Balaban J connectivity index is 1.40. The summed E-state index contributed by atoms with van der Waals surface area (Å²) in [6, 6.07) is 31.1. The predicted octanol–water partition coefficient (Wildman–Crippen LogP) is 9.24. The van der Waals surface area contributed by atoms with E-state index in [2.05, 4.69) is 125 Å². The summed E-state index contributed by atoms with van der Waals surface area (Å²) >= 11 is 0. The Morgan fingerprint density at radius 3 is 1.31 bits per heavy atom. The van der Waals surface area contributed by atoms with Crippen LogP contribution in [0.2, 0.25) is 0 Å². The molecular formula is C35H32. The molecule has 0 saturated heterocycles. The SMILES string of the molecule is Cc1ccccc1-c1cccc2c1C=C(C(C)(C)C1=Cc3c(cccc3-c3ccccc3C)C1)C2. The number of rotatable bonds is 4. The van der Waals surface area contributed by atoms with Gasteiger partial charge in [0.25, 0.3) is 0 Å². The Kier molecular flexibility index (Phi) is 5.15. The lowest BCUT2D eigenvalue weighted by Gasteiger charge is -2.28. The molecule has 0 aliphatic heterocycles. The number of aryl methyl sites for hydroxylation is 2. The molecule has 0 fully saturated rings. The van der Waals surface area contributed by atoms with Crippen molar-refractivity contribution < 1.29 is 0 Å². The third kappa shape index (κ3) is 3.60. The summed E-state index contributed by atoms with van der Waals surface area (Å²) < 4.78 is 0. The van der Waals surface area contributed by atoms with Gasteiger partial charge in [0.15, 0.2) is 0 Å². The van der Waals surface area contributed by atoms with Crippen molar-refractivity contribution in [3.05, 3.63) is 129 Å². The Morgan fingerprint density at radius 1 is 0.486 bits per heavy atom. The van der Waals surface area contributed by atoms with Crippen molar-refractivity contribution in [2.45, 2.75) is 40.5 Å². The zero-order valence-electron chi connectivity index (χ0n) is 21.2. The third-order valence-electron chi connectivity index (χ3n) is 8.27. The van der Waals surface area contributed by atoms with Crippen molar-refractivity contribution in [1.82, 2.24) is 0 Å². The van der Waals surface area contributed by atoms with Crippen LogP contribution < -0.4 is 0 Å². The largest absolute Gasteiger partial charge is 0.0620 e. The van der Waals surface area contributed by atoms with Crippen molar-refractivity contribution in [1.29, 1.82) is 0 Å². The average molecular weight is 453 g/mol. The van der Waals surface area contributed by atoms with Gasteiger partial charge in [-0.15, -0.1) is 0 Å². The summed E-state index contributed by atoms with van der Waals surface area (Å²) in [4.78, 5) is 0. The van der Waals surface area contributed by atoms with Gasteiger partial charge in [-0.2, -0.15) is 0 Å². The molecule has 2 aliphatic carbocycles. The minimum atomic E-state index is 0.00401. The summed E-state index contributed by atoms with van der Waals surface area (Å²) in [6.45, 7) is 9.27. The summed E-state index contributed by atoms with van der Waals surface area (Å²) in [6.07, 6.45) is 7.03. The highest BCUT2D eigenvalue weighted by Crippen LogP contribution is 2.48. The second kappa shape index (κ2) is 8.24. The van der Waals surface area contributed by atoms with Crippen LogP contribution in [0.5, 0.6) is 0 Å². The van der Waals surface area contributed by atoms with Crippen molar-refractivity contribution in [2.75, 3.05) is 0 Å². The number of hydrogen-bond donors (Lipinski definition) is 0. The molecular weight excluding hydrogens is 420 g/mol. The molecule has 0 heterocycles. The van der Waals surface area contributed by atoms with Gasteiger partial charge in [-0.05, 0) is 82.3 Å². The van der Waals surface area contributed by atoms with E-state index in [0.717, 1.165) is 12.8 Å². The second-order valence-corrected chi connectivity index (χ2v) is 10.7. The van der Waals surface area contributed by atoms with Gasteiger partial charge in [0.05, 0.1) is 0 Å². The standard InChI is InChI=1S/C35H32/c1-23-11-5-7-15-29(23)31-17-9-13-25-19-27(21-33(25)31)35(3,4)28-20-26-14-10-18-32(34(26)22-28)30-16-8-6-12-24(30)2/h5-18,21-22H,19-20H2,1-4H3. The minimum Gasteiger partial charge on any atom is -0.0620 e. The lowest BCUT2D eigenvalue weighted by atomic mass is 9.75. The topological polar surface area (TPSA) is 0 Å². The Hall–Kier alpha value is -3.64. The van der Waals surface area contributed by atoms with Crippen molar-refractivity contribution in [3.63, 3.8) is 0 Å². The minimum absolute atomic E-state index is 0.00401. The van der Waals surface area contributed by atoms with Gasteiger partial charge in [-0.1, -0.05) is 122 Å². The molecule has 0 unspecified atom stereocenters. The molecule has 0 nitrogen and oxygen atoms in total. The van der Waals surface area contributed by atoms with Crippen molar-refractivity contribution >= 4 is 12.2 Å². The summed E-state index contributed by atoms with van der Waals surface area (Å²) in [5.74, 6) is 0. The predicted molar refractivity (Wildman–Crippen MR) is 150 cm³/mol. The number of benzene rings is 4. The smallest absolute Gasteiger partial charge is 0.00773 e. The Bertz CT molecular complexity index is 1410. The number of fused-ring (bicyclic) bond motifs is 2. The highest BCUT2D eigenvalue weighted by molar-refractivity contribution is 5.85. The molecule has 4 aromatic carbocycles.